The van der Waals surface area contributed by atoms with Crippen LogP contribution in [-0.4, -0.2) is 19.7 Å². The number of fused-ring (bicyclic) bond motifs is 1. The predicted molar refractivity (Wildman–Crippen MR) is 78.7 cm³/mol. The van der Waals surface area contributed by atoms with Crippen molar-refractivity contribution in [2.24, 2.45) is 0 Å². The van der Waals surface area contributed by atoms with Gasteiger partial charge in [-0.15, -0.1) is 0 Å². The van der Waals surface area contributed by atoms with Gasteiger partial charge >= 0.3 is 0 Å². The summed E-state index contributed by atoms with van der Waals surface area (Å²) < 4.78 is 7.43. The van der Waals surface area contributed by atoms with E-state index in [2.05, 4.69) is 34.6 Å². The first-order valence-corrected chi connectivity index (χ1v) is 7.49. The molecule has 0 amide bonds. The van der Waals surface area contributed by atoms with Crippen molar-refractivity contribution in [2.45, 2.75) is 37.7 Å². The van der Waals surface area contributed by atoms with Gasteiger partial charge in [0.1, 0.15) is 0 Å². The van der Waals surface area contributed by atoms with E-state index in [-0.39, 0.29) is 5.25 Å². The lowest BCUT2D eigenvalue weighted by Crippen LogP contribution is -1.98. The molecular weight excluding hydrogens is 272 g/mol. The minimum Gasteiger partial charge on any atom is -0.338 e. The second-order valence-corrected chi connectivity index (χ2v) is 5.88. The Kier molecular flexibility index (Phi) is 3.48. The number of rotatable bonds is 4. The molecule has 0 aliphatic carbocycles. The van der Waals surface area contributed by atoms with Gasteiger partial charge in [0.25, 0.3) is 0 Å². The zero-order valence-electron chi connectivity index (χ0n) is 11.7. The van der Waals surface area contributed by atoms with Crippen LogP contribution in [0.3, 0.4) is 0 Å². The molecule has 0 spiro atoms. The normalized spacial score (nSPS) is 12.9. The second-order valence-electron chi connectivity index (χ2n) is 4.57. The Balaban J connectivity index is 1.94. The topological polar surface area (TPSA) is 56.7 Å². The lowest BCUT2D eigenvalue weighted by atomic mass is 10.3. The molecule has 1 aromatic carbocycles. The van der Waals surface area contributed by atoms with Gasteiger partial charge in [-0.1, -0.05) is 29.1 Å². The van der Waals surface area contributed by atoms with Gasteiger partial charge in [0, 0.05) is 6.54 Å². The van der Waals surface area contributed by atoms with Crippen molar-refractivity contribution < 1.29 is 4.52 Å². The summed E-state index contributed by atoms with van der Waals surface area (Å²) in [6.45, 7) is 6.89. The molecule has 1 unspecified atom stereocenters. The number of aryl methyl sites for hydroxylation is 2. The molecule has 0 saturated heterocycles. The number of benzene rings is 1. The molecule has 3 aromatic rings. The van der Waals surface area contributed by atoms with Crippen LogP contribution in [-0.2, 0) is 6.54 Å². The molecule has 0 N–H and O–H groups in total. The highest BCUT2D eigenvalue weighted by Crippen LogP contribution is 2.35. The first-order chi connectivity index (χ1) is 9.69. The number of hydrogen-bond acceptors (Lipinski definition) is 5. The Labute approximate surface area is 121 Å². The Hall–Kier alpha value is -1.82. The van der Waals surface area contributed by atoms with Crippen LogP contribution in [0.25, 0.3) is 11.0 Å². The fourth-order valence-electron chi connectivity index (χ4n) is 2.14. The highest BCUT2D eigenvalue weighted by molar-refractivity contribution is 7.99. The number of thioether (sulfide) groups is 1. The second kappa shape index (κ2) is 5.28. The van der Waals surface area contributed by atoms with Crippen molar-refractivity contribution in [3.05, 3.63) is 36.0 Å². The minimum atomic E-state index is 0.0818. The molecule has 0 aliphatic rings. The average molecular weight is 288 g/mol. The smallest absolute Gasteiger partial charge is 0.239 e. The van der Waals surface area contributed by atoms with Crippen LogP contribution in [0, 0.1) is 6.92 Å². The van der Waals surface area contributed by atoms with Crippen molar-refractivity contribution in [3.63, 3.8) is 0 Å². The van der Waals surface area contributed by atoms with Gasteiger partial charge in [-0.3, -0.25) is 0 Å². The van der Waals surface area contributed by atoms with Gasteiger partial charge < -0.3 is 9.09 Å². The van der Waals surface area contributed by atoms with Crippen LogP contribution in [0.1, 0.15) is 30.8 Å². The van der Waals surface area contributed by atoms with E-state index in [0.29, 0.717) is 11.7 Å². The fourth-order valence-corrected chi connectivity index (χ4v) is 3.15. The third kappa shape index (κ3) is 2.31. The predicted octanol–water partition coefficient (Wildman–Crippen LogP) is 3.60. The van der Waals surface area contributed by atoms with Crippen molar-refractivity contribution in [1.29, 1.82) is 0 Å². The molecule has 20 heavy (non-hydrogen) atoms. The molecule has 5 nitrogen and oxygen atoms in total. The number of imidazole rings is 1. The van der Waals surface area contributed by atoms with Crippen molar-refractivity contribution in [3.8, 4) is 0 Å². The quantitative estimate of drug-likeness (QED) is 0.686. The van der Waals surface area contributed by atoms with Gasteiger partial charge in [-0.2, -0.15) is 4.98 Å². The molecule has 2 aromatic heterocycles. The maximum atomic E-state index is 5.23. The average Bonchev–Trinajstić information content (AvgIpc) is 3.01. The Bertz CT molecular complexity index is 734. The Morgan fingerprint density at radius 2 is 2.10 bits per heavy atom. The number of hydrogen-bond donors (Lipinski definition) is 0. The zero-order chi connectivity index (χ0) is 14.1. The summed E-state index contributed by atoms with van der Waals surface area (Å²) in [5.41, 5.74) is 2.18. The van der Waals surface area contributed by atoms with E-state index in [1.165, 1.54) is 0 Å². The van der Waals surface area contributed by atoms with E-state index < -0.39 is 0 Å². The molecule has 0 bridgehead atoms. The van der Waals surface area contributed by atoms with E-state index in [9.17, 15) is 0 Å². The van der Waals surface area contributed by atoms with Gasteiger partial charge in [-0.25, -0.2) is 4.98 Å². The lowest BCUT2D eigenvalue weighted by Gasteiger charge is -2.08. The third-order valence-corrected chi connectivity index (χ3v) is 4.19. The van der Waals surface area contributed by atoms with E-state index in [1.54, 1.807) is 11.8 Å². The molecule has 0 radical (unpaired) electrons. The van der Waals surface area contributed by atoms with E-state index in [0.717, 1.165) is 22.7 Å². The monoisotopic (exact) mass is 288 g/mol. The molecule has 104 valence electrons. The Morgan fingerprint density at radius 3 is 2.80 bits per heavy atom. The van der Waals surface area contributed by atoms with Crippen molar-refractivity contribution in [1.82, 2.24) is 19.7 Å². The molecule has 6 heteroatoms. The van der Waals surface area contributed by atoms with E-state index >= 15 is 0 Å². The SMILES string of the molecule is CCn1c(SC(C)c2nc(C)no2)nc2ccccc21. The van der Waals surface area contributed by atoms with Gasteiger partial charge in [0.05, 0.1) is 16.3 Å². The maximum absolute atomic E-state index is 5.23. The molecule has 2 heterocycles. The number of aromatic nitrogens is 4. The van der Waals surface area contributed by atoms with Gasteiger partial charge in [0.15, 0.2) is 11.0 Å². The lowest BCUT2D eigenvalue weighted by molar-refractivity contribution is 0.376. The standard InChI is InChI=1S/C14H16N4OS/c1-4-18-12-8-6-5-7-11(12)16-14(18)20-9(2)13-15-10(3)17-19-13/h5-9H,4H2,1-3H3. The molecule has 3 rings (SSSR count). The van der Waals surface area contributed by atoms with Crippen LogP contribution in [0.15, 0.2) is 33.9 Å². The summed E-state index contributed by atoms with van der Waals surface area (Å²) in [7, 11) is 0. The third-order valence-electron chi connectivity index (χ3n) is 3.11. The summed E-state index contributed by atoms with van der Waals surface area (Å²) in [6.07, 6.45) is 0. The van der Waals surface area contributed by atoms with Crippen LogP contribution < -0.4 is 0 Å². The summed E-state index contributed by atoms with van der Waals surface area (Å²) in [6, 6.07) is 8.18. The van der Waals surface area contributed by atoms with Crippen LogP contribution >= 0.6 is 11.8 Å². The summed E-state index contributed by atoms with van der Waals surface area (Å²) in [4.78, 5) is 8.97. The fraction of sp³-hybridized carbons (Fsp3) is 0.357. The van der Waals surface area contributed by atoms with Crippen molar-refractivity contribution in [2.75, 3.05) is 0 Å². The minimum absolute atomic E-state index is 0.0818. The van der Waals surface area contributed by atoms with Crippen molar-refractivity contribution >= 4 is 22.8 Å². The Morgan fingerprint density at radius 1 is 1.30 bits per heavy atom. The molecule has 0 aliphatic heterocycles. The van der Waals surface area contributed by atoms with Crippen LogP contribution in [0.5, 0.6) is 0 Å². The zero-order valence-corrected chi connectivity index (χ0v) is 12.5. The summed E-state index contributed by atoms with van der Waals surface area (Å²) in [5, 5.41) is 4.90. The highest BCUT2D eigenvalue weighted by Gasteiger charge is 2.18. The van der Waals surface area contributed by atoms with Crippen LogP contribution in [0.2, 0.25) is 0 Å². The number of para-hydroxylation sites is 2. The summed E-state index contributed by atoms with van der Waals surface area (Å²) in [5.74, 6) is 1.30. The molecule has 1 atom stereocenters. The van der Waals surface area contributed by atoms with Gasteiger partial charge in [0.2, 0.25) is 5.89 Å². The molecule has 0 fully saturated rings. The molecular formula is C14H16N4OS. The first-order valence-electron chi connectivity index (χ1n) is 6.61. The summed E-state index contributed by atoms with van der Waals surface area (Å²) >= 11 is 1.64. The van der Waals surface area contributed by atoms with Crippen LogP contribution in [0.4, 0.5) is 0 Å². The molecule has 0 saturated carbocycles. The highest BCUT2D eigenvalue weighted by atomic mass is 32.2. The largest absolute Gasteiger partial charge is 0.338 e. The van der Waals surface area contributed by atoms with Gasteiger partial charge in [-0.05, 0) is 32.9 Å². The maximum Gasteiger partial charge on any atom is 0.239 e. The number of nitrogens with zero attached hydrogens (tertiary/aromatic N) is 4. The van der Waals surface area contributed by atoms with E-state index in [4.69, 9.17) is 9.51 Å². The first kappa shape index (κ1) is 13.2. The van der Waals surface area contributed by atoms with E-state index in [1.807, 2.05) is 25.1 Å².